The molecule has 0 aliphatic carbocycles. The fourth-order valence-corrected chi connectivity index (χ4v) is 2.09. The van der Waals surface area contributed by atoms with Crippen molar-refractivity contribution in [3.8, 4) is 0 Å². The molecule has 1 aromatic rings. The molecule has 0 bridgehead atoms. The van der Waals surface area contributed by atoms with Crippen molar-refractivity contribution in [1.29, 1.82) is 0 Å². The summed E-state index contributed by atoms with van der Waals surface area (Å²) in [5, 5.41) is 15.7. The predicted molar refractivity (Wildman–Crippen MR) is 61.2 cm³/mol. The first-order valence-corrected chi connectivity index (χ1v) is 5.76. The highest BCUT2D eigenvalue weighted by Crippen LogP contribution is 2.29. The molecular formula is C11H12F3N3O3. The third-order valence-electron chi connectivity index (χ3n) is 3.12. The number of methoxy groups -OCH3 is 1. The molecule has 0 amide bonds. The number of halogens is 3. The third-order valence-corrected chi connectivity index (χ3v) is 3.12. The predicted octanol–water partition coefficient (Wildman–Crippen LogP) is 1.17. The van der Waals surface area contributed by atoms with Gasteiger partial charge in [0.15, 0.2) is 11.5 Å². The van der Waals surface area contributed by atoms with Gasteiger partial charge in [-0.15, -0.1) is 10.2 Å². The van der Waals surface area contributed by atoms with Gasteiger partial charge < -0.3 is 14.7 Å². The summed E-state index contributed by atoms with van der Waals surface area (Å²) >= 11 is 0. The minimum atomic E-state index is -4.57. The van der Waals surface area contributed by atoms with Crippen molar-refractivity contribution in [3.63, 3.8) is 0 Å². The summed E-state index contributed by atoms with van der Waals surface area (Å²) in [5.41, 5.74) is -1.12. The average Bonchev–Trinajstić information content (AvgIpc) is 2.82. The van der Waals surface area contributed by atoms with E-state index in [0.29, 0.717) is 0 Å². The number of carboxylic acids is 1. The molecule has 1 aromatic heterocycles. The van der Waals surface area contributed by atoms with Gasteiger partial charge in [-0.3, -0.25) is 0 Å². The Morgan fingerprint density at radius 1 is 1.45 bits per heavy atom. The maximum absolute atomic E-state index is 12.4. The zero-order valence-electron chi connectivity index (χ0n) is 10.5. The van der Waals surface area contributed by atoms with Crippen LogP contribution in [-0.4, -0.2) is 47.1 Å². The first-order valence-electron chi connectivity index (χ1n) is 5.76. The van der Waals surface area contributed by atoms with Crippen molar-refractivity contribution >= 4 is 11.8 Å². The Balaban J connectivity index is 2.23. The lowest BCUT2D eigenvalue weighted by molar-refractivity contribution is -0.142. The highest BCUT2D eigenvalue weighted by atomic mass is 19.4. The summed E-state index contributed by atoms with van der Waals surface area (Å²) < 4.78 is 42.3. The van der Waals surface area contributed by atoms with Gasteiger partial charge in [-0.1, -0.05) is 0 Å². The van der Waals surface area contributed by atoms with Crippen LogP contribution in [0.1, 0.15) is 12.1 Å². The Bertz CT molecular complexity index is 492. The summed E-state index contributed by atoms with van der Waals surface area (Å²) in [6.07, 6.45) is -4.63. The topological polar surface area (TPSA) is 75.6 Å². The van der Waals surface area contributed by atoms with Gasteiger partial charge in [0.1, 0.15) is 6.04 Å². The summed E-state index contributed by atoms with van der Waals surface area (Å²) in [7, 11) is 1.45. The van der Waals surface area contributed by atoms with Gasteiger partial charge in [-0.05, 0) is 12.1 Å². The zero-order valence-corrected chi connectivity index (χ0v) is 10.5. The molecule has 2 atom stereocenters. The second-order valence-corrected chi connectivity index (χ2v) is 4.37. The highest BCUT2D eigenvalue weighted by molar-refractivity contribution is 5.78. The van der Waals surface area contributed by atoms with E-state index in [0.717, 1.165) is 12.1 Å². The molecule has 1 saturated heterocycles. The van der Waals surface area contributed by atoms with E-state index in [2.05, 4.69) is 10.2 Å². The van der Waals surface area contributed by atoms with Gasteiger partial charge in [0.05, 0.1) is 6.10 Å². The second-order valence-electron chi connectivity index (χ2n) is 4.37. The molecule has 0 saturated carbocycles. The number of aliphatic carboxylic acids is 1. The maximum Gasteiger partial charge on any atom is 0.435 e. The molecule has 1 N–H and O–H groups in total. The van der Waals surface area contributed by atoms with Crippen LogP contribution in [0.2, 0.25) is 0 Å². The van der Waals surface area contributed by atoms with E-state index in [1.165, 1.54) is 12.0 Å². The van der Waals surface area contributed by atoms with E-state index in [1.54, 1.807) is 0 Å². The number of aromatic nitrogens is 2. The summed E-state index contributed by atoms with van der Waals surface area (Å²) in [4.78, 5) is 12.5. The molecule has 2 heterocycles. The van der Waals surface area contributed by atoms with Crippen molar-refractivity contribution in [2.24, 2.45) is 0 Å². The van der Waals surface area contributed by atoms with Gasteiger partial charge in [-0.2, -0.15) is 13.2 Å². The number of alkyl halides is 3. The van der Waals surface area contributed by atoms with Crippen molar-refractivity contribution < 1.29 is 27.8 Å². The third kappa shape index (κ3) is 2.82. The van der Waals surface area contributed by atoms with E-state index in [9.17, 15) is 18.0 Å². The molecular weight excluding hydrogens is 279 g/mol. The molecule has 20 heavy (non-hydrogen) atoms. The smallest absolute Gasteiger partial charge is 0.435 e. The number of carboxylic acid groups (broad SMARTS) is 1. The number of hydrogen-bond donors (Lipinski definition) is 1. The molecule has 110 valence electrons. The molecule has 0 radical (unpaired) electrons. The molecule has 2 rings (SSSR count). The average molecular weight is 291 g/mol. The maximum atomic E-state index is 12.4. The number of ether oxygens (including phenoxy) is 1. The summed E-state index contributed by atoms with van der Waals surface area (Å²) in [5.74, 6) is -0.990. The molecule has 0 aromatic carbocycles. The Kier molecular flexibility index (Phi) is 3.80. The molecule has 1 fully saturated rings. The van der Waals surface area contributed by atoms with Crippen molar-refractivity contribution in [1.82, 2.24) is 10.2 Å². The fraction of sp³-hybridized carbons (Fsp3) is 0.545. The number of carbonyl (C=O) groups is 1. The van der Waals surface area contributed by atoms with Crippen LogP contribution < -0.4 is 4.90 Å². The van der Waals surface area contributed by atoms with Crippen LogP contribution >= 0.6 is 0 Å². The molecule has 9 heteroatoms. The number of hydrogen-bond acceptors (Lipinski definition) is 5. The van der Waals surface area contributed by atoms with Gasteiger partial charge in [-0.25, -0.2) is 4.79 Å². The molecule has 1 aliphatic heterocycles. The number of rotatable bonds is 3. The quantitative estimate of drug-likeness (QED) is 0.901. The SMILES string of the molecule is COC1CC(C(=O)O)N(c2ccc(C(F)(F)F)nn2)C1. The van der Waals surface area contributed by atoms with E-state index in [4.69, 9.17) is 9.84 Å². The van der Waals surface area contributed by atoms with E-state index < -0.39 is 23.9 Å². The normalized spacial score (nSPS) is 23.1. The molecule has 0 spiro atoms. The van der Waals surface area contributed by atoms with Crippen molar-refractivity contribution in [2.75, 3.05) is 18.6 Å². The lowest BCUT2D eigenvalue weighted by Crippen LogP contribution is -2.36. The van der Waals surface area contributed by atoms with Gasteiger partial charge in [0.2, 0.25) is 0 Å². The Hall–Kier alpha value is -1.90. The first-order chi connectivity index (χ1) is 9.32. The first kappa shape index (κ1) is 14.5. The van der Waals surface area contributed by atoms with Crippen LogP contribution in [-0.2, 0) is 15.7 Å². The van der Waals surface area contributed by atoms with E-state index >= 15 is 0 Å². The van der Waals surface area contributed by atoms with Crippen LogP contribution in [0.4, 0.5) is 19.0 Å². The number of nitrogens with zero attached hydrogens (tertiary/aromatic N) is 3. The minimum Gasteiger partial charge on any atom is -0.480 e. The lowest BCUT2D eigenvalue weighted by atomic mass is 10.2. The summed E-state index contributed by atoms with van der Waals surface area (Å²) in [6, 6.07) is 1.01. The van der Waals surface area contributed by atoms with E-state index in [-0.39, 0.29) is 24.9 Å². The van der Waals surface area contributed by atoms with Gasteiger partial charge in [0.25, 0.3) is 0 Å². The Labute approximate surface area is 112 Å². The van der Waals surface area contributed by atoms with Crippen LogP contribution in [0.3, 0.4) is 0 Å². The lowest BCUT2D eigenvalue weighted by Gasteiger charge is -2.21. The van der Waals surface area contributed by atoms with Crippen LogP contribution in [0.15, 0.2) is 12.1 Å². The molecule has 6 nitrogen and oxygen atoms in total. The van der Waals surface area contributed by atoms with Crippen LogP contribution in [0.5, 0.6) is 0 Å². The zero-order chi connectivity index (χ0) is 14.9. The van der Waals surface area contributed by atoms with Crippen molar-refractivity contribution in [3.05, 3.63) is 17.8 Å². The van der Waals surface area contributed by atoms with E-state index in [1.807, 2.05) is 0 Å². The van der Waals surface area contributed by atoms with Crippen LogP contribution in [0.25, 0.3) is 0 Å². The second kappa shape index (κ2) is 5.23. The minimum absolute atomic E-state index is 0.0879. The monoisotopic (exact) mass is 291 g/mol. The standard InChI is InChI=1S/C11H12F3N3O3/c1-20-6-4-7(10(18)19)17(5-6)9-3-2-8(15-16-9)11(12,13)14/h2-3,6-7H,4-5H2,1H3,(H,18,19). The molecule has 1 aliphatic rings. The highest BCUT2D eigenvalue weighted by Gasteiger charge is 2.39. The van der Waals surface area contributed by atoms with Crippen molar-refractivity contribution in [2.45, 2.75) is 24.7 Å². The summed E-state index contributed by atoms with van der Waals surface area (Å²) in [6.45, 7) is 0.244. The Morgan fingerprint density at radius 3 is 2.60 bits per heavy atom. The number of anilines is 1. The molecule has 2 unspecified atom stereocenters. The van der Waals surface area contributed by atoms with Crippen LogP contribution in [0, 0.1) is 0 Å². The van der Waals surface area contributed by atoms with Gasteiger partial charge in [0, 0.05) is 20.1 Å². The van der Waals surface area contributed by atoms with Gasteiger partial charge >= 0.3 is 12.1 Å². The Morgan fingerprint density at radius 2 is 2.15 bits per heavy atom. The fourth-order valence-electron chi connectivity index (χ4n) is 2.09. The largest absolute Gasteiger partial charge is 0.480 e.